The number of rotatable bonds is 4. The van der Waals surface area contributed by atoms with Crippen molar-refractivity contribution in [3.63, 3.8) is 0 Å². The first-order valence-corrected chi connectivity index (χ1v) is 13.6. The van der Waals surface area contributed by atoms with Crippen molar-refractivity contribution in [1.29, 1.82) is 0 Å². The molecule has 1 saturated carbocycles. The number of carbonyl (C=O) groups excluding carboxylic acids is 2. The Labute approximate surface area is 228 Å². The molecule has 2 fully saturated rings. The number of H-pyrrole nitrogens is 1. The molecule has 6 rings (SSSR count). The van der Waals surface area contributed by atoms with Crippen LogP contribution in [0.4, 0.5) is 4.79 Å². The van der Waals surface area contributed by atoms with Gasteiger partial charge in [-0.15, -0.1) is 0 Å². The lowest BCUT2D eigenvalue weighted by Crippen LogP contribution is -2.45. The average Bonchev–Trinajstić information content (AvgIpc) is 3.56. The second kappa shape index (κ2) is 9.42. The van der Waals surface area contributed by atoms with Crippen molar-refractivity contribution in [3.05, 3.63) is 83.0 Å². The van der Waals surface area contributed by atoms with E-state index >= 15 is 0 Å². The summed E-state index contributed by atoms with van der Waals surface area (Å²) in [6.45, 7) is 8.87. The molecule has 0 spiro atoms. The minimum atomic E-state index is -0.579. The second-order valence-electron chi connectivity index (χ2n) is 11.8. The molecule has 1 aliphatic carbocycles. The number of amides is 2. The fraction of sp³-hybridized carbons (Fsp3) is 0.375. The zero-order valence-electron chi connectivity index (χ0n) is 23.0. The van der Waals surface area contributed by atoms with Gasteiger partial charge >= 0.3 is 6.09 Å². The Morgan fingerprint density at radius 2 is 1.82 bits per heavy atom. The lowest BCUT2D eigenvalue weighted by molar-refractivity contribution is -0.0339. The molecule has 1 aromatic heterocycles. The molecule has 4 aromatic rings. The Kier molecular flexibility index (Phi) is 6.14. The first kappa shape index (κ1) is 25.4. The van der Waals surface area contributed by atoms with E-state index in [1.54, 1.807) is 4.90 Å². The molecule has 1 saturated heterocycles. The van der Waals surface area contributed by atoms with E-state index in [4.69, 9.17) is 9.47 Å². The summed E-state index contributed by atoms with van der Waals surface area (Å²) in [7, 11) is 0. The molecule has 0 bridgehead atoms. The van der Waals surface area contributed by atoms with Gasteiger partial charge in [0.2, 0.25) is 0 Å². The number of fused-ring (bicyclic) bond motifs is 2. The van der Waals surface area contributed by atoms with Crippen LogP contribution in [-0.4, -0.2) is 47.2 Å². The largest absolute Gasteiger partial charge is 0.444 e. The van der Waals surface area contributed by atoms with Gasteiger partial charge in [0.15, 0.2) is 0 Å². The maximum Gasteiger partial charge on any atom is 0.411 e. The van der Waals surface area contributed by atoms with E-state index in [1.165, 1.54) is 16.3 Å². The molecular weight excluding hydrogens is 490 g/mol. The zero-order chi connectivity index (χ0) is 27.4. The molecule has 1 atom stereocenters. The fourth-order valence-corrected chi connectivity index (χ4v) is 5.66. The summed E-state index contributed by atoms with van der Waals surface area (Å²) in [6.07, 6.45) is 1.49. The van der Waals surface area contributed by atoms with Crippen molar-refractivity contribution in [2.75, 3.05) is 19.8 Å². The molecule has 2 N–H and O–H groups in total. The molecule has 202 valence electrons. The van der Waals surface area contributed by atoms with Crippen LogP contribution in [0, 0.1) is 6.92 Å². The summed E-state index contributed by atoms with van der Waals surface area (Å²) in [4.78, 5) is 31.8. The Morgan fingerprint density at radius 3 is 2.59 bits per heavy atom. The highest BCUT2D eigenvalue weighted by Gasteiger charge is 2.46. The quantitative estimate of drug-likeness (QED) is 0.325. The SMILES string of the molecule is Cc1cc2cc(C3COCCN3C(=O)OC(C)(C)C)[nH]c2cc1C(=O)NC1(c2cccc3ccccc23)CC1. The lowest BCUT2D eigenvalue weighted by Gasteiger charge is -2.36. The Bertz CT molecular complexity index is 1570. The summed E-state index contributed by atoms with van der Waals surface area (Å²) in [5.41, 5.74) is 3.52. The standard InChI is InChI=1S/C32H35N3O4/c1-20-16-22-17-27(28-19-38-15-14-35(28)30(37)39-31(2,3)4)33-26(22)18-24(20)29(36)34-32(12-13-32)25-11-7-9-21-8-5-6-10-23(21)25/h5-11,16-18,28,33H,12-15,19H2,1-4H3,(H,34,36). The highest BCUT2D eigenvalue weighted by atomic mass is 16.6. The number of aromatic amines is 1. The first-order chi connectivity index (χ1) is 18.6. The number of hydrogen-bond donors (Lipinski definition) is 2. The topological polar surface area (TPSA) is 83.7 Å². The summed E-state index contributed by atoms with van der Waals surface area (Å²) < 4.78 is 11.4. The summed E-state index contributed by atoms with van der Waals surface area (Å²) in [5, 5.41) is 6.72. The van der Waals surface area contributed by atoms with Crippen LogP contribution in [-0.2, 0) is 15.0 Å². The van der Waals surface area contributed by atoms with Crippen LogP contribution in [0.2, 0.25) is 0 Å². The zero-order valence-corrected chi connectivity index (χ0v) is 23.0. The Morgan fingerprint density at radius 1 is 1.05 bits per heavy atom. The minimum absolute atomic E-state index is 0.0765. The number of ether oxygens (including phenoxy) is 2. The molecule has 1 unspecified atom stereocenters. The lowest BCUT2D eigenvalue weighted by atomic mass is 9.96. The summed E-state index contributed by atoms with van der Waals surface area (Å²) in [6, 6.07) is 20.3. The third-order valence-corrected chi connectivity index (χ3v) is 7.75. The van der Waals surface area contributed by atoms with Crippen molar-refractivity contribution in [2.45, 2.75) is 57.7 Å². The molecular formula is C32H35N3O4. The highest BCUT2D eigenvalue weighted by Crippen LogP contribution is 2.48. The van der Waals surface area contributed by atoms with Crippen molar-refractivity contribution in [2.24, 2.45) is 0 Å². The van der Waals surface area contributed by atoms with Crippen LogP contribution < -0.4 is 5.32 Å². The predicted molar refractivity (Wildman–Crippen MR) is 152 cm³/mol. The van der Waals surface area contributed by atoms with Gasteiger partial charge in [-0.1, -0.05) is 42.5 Å². The average molecular weight is 526 g/mol. The van der Waals surface area contributed by atoms with E-state index in [0.717, 1.165) is 35.0 Å². The molecule has 7 nitrogen and oxygen atoms in total. The van der Waals surface area contributed by atoms with Gasteiger partial charge in [-0.2, -0.15) is 0 Å². The van der Waals surface area contributed by atoms with Crippen LogP contribution in [0.15, 0.2) is 60.7 Å². The molecule has 2 amide bonds. The van der Waals surface area contributed by atoms with E-state index in [1.807, 2.05) is 58.0 Å². The van der Waals surface area contributed by atoms with Crippen LogP contribution >= 0.6 is 0 Å². The summed E-state index contributed by atoms with van der Waals surface area (Å²) in [5.74, 6) is -0.0765. The minimum Gasteiger partial charge on any atom is -0.444 e. The van der Waals surface area contributed by atoms with Crippen LogP contribution in [0.5, 0.6) is 0 Å². The van der Waals surface area contributed by atoms with Crippen molar-refractivity contribution in [1.82, 2.24) is 15.2 Å². The number of carbonyl (C=O) groups is 2. The number of morpholine rings is 1. The number of benzene rings is 3. The number of hydrogen-bond acceptors (Lipinski definition) is 4. The number of nitrogens with one attached hydrogen (secondary N) is 2. The fourth-order valence-electron chi connectivity index (χ4n) is 5.66. The van der Waals surface area contributed by atoms with E-state index in [2.05, 4.69) is 40.6 Å². The number of aromatic nitrogens is 1. The van der Waals surface area contributed by atoms with Gasteiger partial charge in [0.1, 0.15) is 5.60 Å². The van der Waals surface area contributed by atoms with E-state index < -0.39 is 5.60 Å². The van der Waals surface area contributed by atoms with Gasteiger partial charge in [0.05, 0.1) is 24.8 Å². The van der Waals surface area contributed by atoms with Gasteiger partial charge in [0, 0.05) is 28.7 Å². The highest BCUT2D eigenvalue weighted by molar-refractivity contribution is 6.01. The molecule has 2 heterocycles. The van der Waals surface area contributed by atoms with Crippen molar-refractivity contribution < 1.29 is 19.1 Å². The summed E-state index contributed by atoms with van der Waals surface area (Å²) >= 11 is 0. The number of nitrogens with zero attached hydrogens (tertiary/aromatic N) is 1. The predicted octanol–water partition coefficient (Wildman–Crippen LogP) is 6.36. The maximum atomic E-state index is 13.6. The molecule has 2 aliphatic rings. The molecule has 1 aliphatic heterocycles. The van der Waals surface area contributed by atoms with Crippen LogP contribution in [0.3, 0.4) is 0 Å². The third-order valence-electron chi connectivity index (χ3n) is 7.75. The molecule has 3 aromatic carbocycles. The van der Waals surface area contributed by atoms with Gasteiger partial charge in [-0.05, 0) is 80.6 Å². The smallest absolute Gasteiger partial charge is 0.411 e. The third kappa shape index (κ3) is 4.87. The monoisotopic (exact) mass is 525 g/mol. The van der Waals surface area contributed by atoms with Crippen LogP contribution in [0.1, 0.15) is 66.8 Å². The van der Waals surface area contributed by atoms with Gasteiger partial charge in [0.25, 0.3) is 5.91 Å². The normalized spacial score (nSPS) is 18.8. The van der Waals surface area contributed by atoms with Gasteiger partial charge in [-0.25, -0.2) is 4.79 Å². The molecule has 7 heteroatoms. The van der Waals surface area contributed by atoms with E-state index in [9.17, 15) is 9.59 Å². The maximum absolute atomic E-state index is 13.6. The Balaban J connectivity index is 1.28. The van der Waals surface area contributed by atoms with Crippen molar-refractivity contribution >= 4 is 33.7 Å². The Hall–Kier alpha value is -3.84. The van der Waals surface area contributed by atoms with Gasteiger partial charge < -0.3 is 19.8 Å². The number of aryl methyl sites for hydroxylation is 1. The van der Waals surface area contributed by atoms with E-state index in [0.29, 0.717) is 25.3 Å². The van der Waals surface area contributed by atoms with Crippen molar-refractivity contribution in [3.8, 4) is 0 Å². The van der Waals surface area contributed by atoms with Crippen LogP contribution in [0.25, 0.3) is 21.7 Å². The van der Waals surface area contributed by atoms with Gasteiger partial charge in [-0.3, -0.25) is 9.69 Å². The molecule has 39 heavy (non-hydrogen) atoms. The van der Waals surface area contributed by atoms with E-state index in [-0.39, 0.29) is 23.6 Å². The molecule has 0 radical (unpaired) electrons. The first-order valence-electron chi connectivity index (χ1n) is 13.6. The second-order valence-corrected chi connectivity index (χ2v) is 11.8.